The van der Waals surface area contributed by atoms with Crippen LogP contribution in [0.1, 0.15) is 5.56 Å². The first-order valence-electron chi connectivity index (χ1n) is 7.32. The molecule has 2 aromatic carbocycles. The average molecular weight is 308 g/mol. The van der Waals surface area contributed by atoms with Crippen molar-refractivity contribution in [2.24, 2.45) is 0 Å². The number of rotatable bonds is 5. The maximum Gasteiger partial charge on any atom is 0.224 e. The first-order chi connectivity index (χ1) is 11.2. The van der Waals surface area contributed by atoms with Crippen molar-refractivity contribution >= 4 is 17.5 Å². The van der Waals surface area contributed by atoms with Crippen LogP contribution in [0.15, 0.2) is 66.9 Å². The van der Waals surface area contributed by atoms with Gasteiger partial charge in [0, 0.05) is 25.5 Å². The molecule has 0 atom stereocenters. The van der Waals surface area contributed by atoms with Crippen LogP contribution in [0.4, 0.5) is 21.8 Å². The maximum atomic E-state index is 12.9. The van der Waals surface area contributed by atoms with Gasteiger partial charge in [0.2, 0.25) is 5.95 Å². The van der Waals surface area contributed by atoms with E-state index in [0.717, 1.165) is 17.1 Å². The molecule has 0 amide bonds. The number of halogens is 1. The van der Waals surface area contributed by atoms with E-state index >= 15 is 0 Å². The second-order valence-corrected chi connectivity index (χ2v) is 5.11. The highest BCUT2D eigenvalue weighted by Gasteiger charge is 2.06. The third kappa shape index (κ3) is 3.83. The molecule has 1 N–H and O–H groups in total. The first kappa shape index (κ1) is 15.0. The Morgan fingerprint density at radius 3 is 2.48 bits per heavy atom. The molecule has 0 unspecified atom stereocenters. The predicted octanol–water partition coefficient (Wildman–Crippen LogP) is 4.00. The predicted molar refractivity (Wildman–Crippen MR) is 90.3 cm³/mol. The van der Waals surface area contributed by atoms with E-state index in [1.807, 2.05) is 48.3 Å². The Kier molecular flexibility index (Phi) is 4.47. The van der Waals surface area contributed by atoms with E-state index in [2.05, 4.69) is 15.3 Å². The van der Waals surface area contributed by atoms with E-state index < -0.39 is 0 Å². The van der Waals surface area contributed by atoms with Gasteiger partial charge in [-0.25, -0.2) is 9.37 Å². The number of benzene rings is 2. The summed E-state index contributed by atoms with van der Waals surface area (Å²) < 4.78 is 12.9. The molecule has 5 heteroatoms. The summed E-state index contributed by atoms with van der Waals surface area (Å²) in [5.41, 5.74) is 2.02. The molecule has 0 bridgehead atoms. The molecule has 1 heterocycles. The van der Waals surface area contributed by atoms with Crippen LogP contribution in [0.2, 0.25) is 0 Å². The van der Waals surface area contributed by atoms with Crippen LogP contribution in [-0.4, -0.2) is 17.0 Å². The quantitative estimate of drug-likeness (QED) is 0.773. The van der Waals surface area contributed by atoms with E-state index in [1.54, 1.807) is 18.3 Å². The van der Waals surface area contributed by atoms with Gasteiger partial charge in [0.05, 0.1) is 0 Å². The fourth-order valence-electron chi connectivity index (χ4n) is 2.19. The Bertz CT molecular complexity index is 759. The van der Waals surface area contributed by atoms with Crippen LogP contribution >= 0.6 is 0 Å². The minimum Gasteiger partial charge on any atom is -0.350 e. The molecule has 0 fully saturated rings. The largest absolute Gasteiger partial charge is 0.350 e. The van der Waals surface area contributed by atoms with Crippen molar-refractivity contribution in [3.63, 3.8) is 0 Å². The summed E-state index contributed by atoms with van der Waals surface area (Å²) in [6.45, 7) is 0.540. The lowest BCUT2D eigenvalue weighted by atomic mass is 10.2. The summed E-state index contributed by atoms with van der Waals surface area (Å²) in [5, 5.41) is 3.16. The van der Waals surface area contributed by atoms with Crippen molar-refractivity contribution in [1.82, 2.24) is 9.97 Å². The monoisotopic (exact) mass is 308 g/mol. The molecule has 3 rings (SSSR count). The van der Waals surface area contributed by atoms with Crippen molar-refractivity contribution in [3.05, 3.63) is 78.2 Å². The van der Waals surface area contributed by atoms with Crippen LogP contribution in [0.25, 0.3) is 0 Å². The molecule has 1 aromatic heterocycles. The number of hydrogen-bond acceptors (Lipinski definition) is 4. The van der Waals surface area contributed by atoms with Gasteiger partial charge in [-0.05, 0) is 35.9 Å². The summed E-state index contributed by atoms with van der Waals surface area (Å²) in [6, 6.07) is 18.2. The SMILES string of the molecule is CN(c1ccccc1)c1ccnc(NCc2ccc(F)cc2)n1. The highest BCUT2D eigenvalue weighted by atomic mass is 19.1. The Balaban J connectivity index is 1.71. The van der Waals surface area contributed by atoms with Crippen molar-refractivity contribution in [1.29, 1.82) is 0 Å². The fraction of sp³-hybridized carbons (Fsp3) is 0.111. The molecule has 4 nitrogen and oxygen atoms in total. The molecule has 0 saturated carbocycles. The lowest BCUT2D eigenvalue weighted by Gasteiger charge is -2.18. The zero-order valence-corrected chi connectivity index (χ0v) is 12.8. The van der Waals surface area contributed by atoms with Gasteiger partial charge in [-0.15, -0.1) is 0 Å². The van der Waals surface area contributed by atoms with Crippen molar-refractivity contribution in [3.8, 4) is 0 Å². The van der Waals surface area contributed by atoms with E-state index in [4.69, 9.17) is 0 Å². The van der Waals surface area contributed by atoms with E-state index in [1.165, 1.54) is 12.1 Å². The van der Waals surface area contributed by atoms with Crippen molar-refractivity contribution < 1.29 is 4.39 Å². The summed E-state index contributed by atoms with van der Waals surface area (Å²) in [5.74, 6) is 1.10. The van der Waals surface area contributed by atoms with Gasteiger partial charge in [0.15, 0.2) is 0 Å². The third-order valence-corrected chi connectivity index (χ3v) is 3.49. The summed E-state index contributed by atoms with van der Waals surface area (Å²) >= 11 is 0. The Morgan fingerprint density at radius 1 is 1.00 bits per heavy atom. The summed E-state index contributed by atoms with van der Waals surface area (Å²) in [4.78, 5) is 10.7. The smallest absolute Gasteiger partial charge is 0.224 e. The highest BCUT2D eigenvalue weighted by Crippen LogP contribution is 2.21. The van der Waals surface area contributed by atoms with E-state index in [9.17, 15) is 4.39 Å². The summed E-state index contributed by atoms with van der Waals surface area (Å²) in [6.07, 6.45) is 1.72. The topological polar surface area (TPSA) is 41.1 Å². The molecule has 0 spiro atoms. The molecule has 0 radical (unpaired) electrons. The minimum absolute atomic E-state index is 0.239. The zero-order chi connectivity index (χ0) is 16.1. The van der Waals surface area contributed by atoms with Crippen LogP contribution in [0.5, 0.6) is 0 Å². The molecule has 23 heavy (non-hydrogen) atoms. The number of nitrogens with one attached hydrogen (secondary N) is 1. The molecule has 116 valence electrons. The van der Waals surface area contributed by atoms with Crippen LogP contribution in [0.3, 0.4) is 0 Å². The molecular formula is C18H17FN4. The maximum absolute atomic E-state index is 12.9. The van der Waals surface area contributed by atoms with Crippen molar-refractivity contribution in [2.75, 3.05) is 17.3 Å². The third-order valence-electron chi connectivity index (χ3n) is 3.49. The Morgan fingerprint density at radius 2 is 1.74 bits per heavy atom. The van der Waals surface area contributed by atoms with Gasteiger partial charge in [-0.1, -0.05) is 30.3 Å². The normalized spacial score (nSPS) is 10.3. The van der Waals surface area contributed by atoms with Gasteiger partial charge in [-0.2, -0.15) is 4.98 Å². The molecule has 0 aliphatic carbocycles. The fourth-order valence-corrected chi connectivity index (χ4v) is 2.19. The molecule has 0 aliphatic heterocycles. The number of aromatic nitrogens is 2. The van der Waals surface area contributed by atoms with Gasteiger partial charge >= 0.3 is 0 Å². The molecule has 0 aliphatic rings. The average Bonchev–Trinajstić information content (AvgIpc) is 2.61. The molecule has 0 saturated heterocycles. The number of nitrogens with zero attached hydrogens (tertiary/aromatic N) is 3. The van der Waals surface area contributed by atoms with Crippen molar-refractivity contribution in [2.45, 2.75) is 6.54 Å². The second-order valence-electron chi connectivity index (χ2n) is 5.11. The van der Waals surface area contributed by atoms with Crippen LogP contribution < -0.4 is 10.2 Å². The lowest BCUT2D eigenvalue weighted by molar-refractivity contribution is 0.627. The minimum atomic E-state index is -0.239. The molecule has 3 aromatic rings. The standard InChI is InChI=1S/C18H17FN4/c1-23(16-5-3-2-4-6-16)17-11-12-20-18(22-17)21-13-14-7-9-15(19)10-8-14/h2-12H,13H2,1H3,(H,20,21,22). The first-order valence-corrected chi connectivity index (χ1v) is 7.32. The van der Waals surface area contributed by atoms with Gasteiger partial charge in [-0.3, -0.25) is 0 Å². The Hall–Kier alpha value is -2.95. The summed E-state index contributed by atoms with van der Waals surface area (Å²) in [7, 11) is 1.96. The number of hydrogen-bond donors (Lipinski definition) is 1. The van der Waals surface area contributed by atoms with E-state index in [0.29, 0.717) is 12.5 Å². The van der Waals surface area contributed by atoms with Gasteiger partial charge in [0.1, 0.15) is 11.6 Å². The zero-order valence-electron chi connectivity index (χ0n) is 12.8. The Labute approximate surface area is 134 Å². The molecular weight excluding hydrogens is 291 g/mol. The van der Waals surface area contributed by atoms with Crippen LogP contribution in [0, 0.1) is 5.82 Å². The van der Waals surface area contributed by atoms with E-state index in [-0.39, 0.29) is 5.82 Å². The second kappa shape index (κ2) is 6.87. The van der Waals surface area contributed by atoms with Crippen LogP contribution in [-0.2, 0) is 6.54 Å². The number of para-hydroxylation sites is 1. The lowest BCUT2D eigenvalue weighted by Crippen LogP contribution is -2.13. The number of anilines is 3. The van der Waals surface area contributed by atoms with Gasteiger partial charge in [0.25, 0.3) is 0 Å². The highest BCUT2D eigenvalue weighted by molar-refractivity contribution is 5.59. The van der Waals surface area contributed by atoms with Gasteiger partial charge < -0.3 is 10.2 Å².